The molecule has 5 nitrogen and oxygen atoms in total. The summed E-state index contributed by atoms with van der Waals surface area (Å²) in [6, 6.07) is 10.7. The summed E-state index contributed by atoms with van der Waals surface area (Å²) in [5.41, 5.74) is 1.69. The van der Waals surface area contributed by atoms with Crippen LogP contribution in [0.2, 0.25) is 0 Å². The fraction of sp³-hybridized carbons (Fsp3) is 0.400. The lowest BCUT2D eigenvalue weighted by Crippen LogP contribution is -2.38. The lowest BCUT2D eigenvalue weighted by Gasteiger charge is -2.20. The highest BCUT2D eigenvalue weighted by Gasteiger charge is 2.29. The van der Waals surface area contributed by atoms with Crippen LogP contribution in [0.4, 0.5) is 0 Å². The van der Waals surface area contributed by atoms with Crippen LogP contribution in [0.5, 0.6) is 0 Å². The molecule has 2 atom stereocenters. The molecule has 1 aliphatic carbocycles. The van der Waals surface area contributed by atoms with Crippen molar-refractivity contribution in [2.45, 2.75) is 31.7 Å². The minimum atomic E-state index is -0.135. The Morgan fingerprint density at radius 1 is 1.30 bits per heavy atom. The summed E-state index contributed by atoms with van der Waals surface area (Å²) in [6.45, 7) is 0. The zero-order chi connectivity index (χ0) is 13.8. The van der Waals surface area contributed by atoms with Crippen LogP contribution in [0.3, 0.4) is 0 Å². The van der Waals surface area contributed by atoms with Crippen LogP contribution < -0.4 is 5.32 Å². The molecule has 1 fully saturated rings. The third-order valence-corrected chi connectivity index (χ3v) is 3.96. The highest BCUT2D eigenvalue weighted by Crippen LogP contribution is 2.29. The number of nitrogens with one attached hydrogen (secondary N) is 2. The Balaban J connectivity index is 1.62. The zero-order valence-electron chi connectivity index (χ0n) is 11.2. The number of aromatic nitrogens is 3. The van der Waals surface area contributed by atoms with E-state index >= 15 is 0 Å². The first-order valence-electron chi connectivity index (χ1n) is 7.03. The Morgan fingerprint density at radius 2 is 2.15 bits per heavy atom. The van der Waals surface area contributed by atoms with Gasteiger partial charge in [0.1, 0.15) is 0 Å². The van der Waals surface area contributed by atoms with Gasteiger partial charge in [0.05, 0.1) is 6.20 Å². The van der Waals surface area contributed by atoms with E-state index in [0.717, 1.165) is 12.8 Å². The molecule has 0 radical (unpaired) electrons. The Morgan fingerprint density at radius 3 is 2.90 bits per heavy atom. The predicted octanol–water partition coefficient (Wildman–Crippen LogP) is 1.95. The lowest BCUT2D eigenvalue weighted by atomic mass is 9.94. The summed E-state index contributed by atoms with van der Waals surface area (Å²) in [5, 5.41) is 13.0. The highest BCUT2D eigenvalue weighted by atomic mass is 16.2. The minimum Gasteiger partial charge on any atom is -0.348 e. The van der Waals surface area contributed by atoms with Gasteiger partial charge in [-0.05, 0) is 30.7 Å². The molecule has 1 aliphatic rings. The van der Waals surface area contributed by atoms with Crippen LogP contribution in [0.1, 0.15) is 35.3 Å². The van der Waals surface area contributed by atoms with Gasteiger partial charge in [-0.3, -0.25) is 4.79 Å². The van der Waals surface area contributed by atoms with Gasteiger partial charge in [0.25, 0.3) is 5.91 Å². The van der Waals surface area contributed by atoms with E-state index in [2.05, 4.69) is 45.0 Å². The summed E-state index contributed by atoms with van der Waals surface area (Å²) in [4.78, 5) is 12.0. The maximum absolute atomic E-state index is 12.0. The van der Waals surface area contributed by atoms with Crippen LogP contribution in [0.25, 0.3) is 0 Å². The molecule has 2 N–H and O–H groups in total. The first-order chi connectivity index (χ1) is 9.83. The summed E-state index contributed by atoms with van der Waals surface area (Å²) >= 11 is 0. The Hall–Kier alpha value is -2.17. The van der Waals surface area contributed by atoms with E-state index < -0.39 is 0 Å². The summed E-state index contributed by atoms with van der Waals surface area (Å²) < 4.78 is 0. The van der Waals surface area contributed by atoms with Crippen molar-refractivity contribution in [3.05, 3.63) is 47.8 Å². The number of amides is 1. The normalized spacial score (nSPS) is 21.8. The van der Waals surface area contributed by atoms with Gasteiger partial charge < -0.3 is 5.32 Å². The molecule has 20 heavy (non-hydrogen) atoms. The van der Waals surface area contributed by atoms with Gasteiger partial charge in [-0.2, -0.15) is 15.4 Å². The molecule has 0 bridgehead atoms. The predicted molar refractivity (Wildman–Crippen MR) is 75.1 cm³/mol. The van der Waals surface area contributed by atoms with E-state index in [1.807, 2.05) is 6.07 Å². The minimum absolute atomic E-state index is 0.135. The monoisotopic (exact) mass is 270 g/mol. The zero-order valence-corrected chi connectivity index (χ0v) is 11.2. The number of nitrogens with zero attached hydrogens (tertiary/aromatic N) is 2. The Bertz CT molecular complexity index is 553. The number of carbonyl (C=O) groups excluding carboxylic acids is 1. The van der Waals surface area contributed by atoms with Crippen molar-refractivity contribution in [3.63, 3.8) is 0 Å². The van der Waals surface area contributed by atoms with Crippen LogP contribution in [-0.4, -0.2) is 27.4 Å². The fourth-order valence-corrected chi connectivity index (χ4v) is 2.94. The van der Waals surface area contributed by atoms with E-state index in [9.17, 15) is 4.79 Å². The molecule has 1 amide bonds. The second-order valence-electron chi connectivity index (χ2n) is 5.32. The fourth-order valence-electron chi connectivity index (χ4n) is 2.94. The average molecular weight is 270 g/mol. The molecule has 5 heteroatoms. The Labute approximate surface area is 117 Å². The first-order valence-corrected chi connectivity index (χ1v) is 7.03. The van der Waals surface area contributed by atoms with Crippen molar-refractivity contribution < 1.29 is 4.79 Å². The number of carbonyl (C=O) groups is 1. The molecule has 1 aromatic carbocycles. The smallest absolute Gasteiger partial charge is 0.273 e. The summed E-state index contributed by atoms with van der Waals surface area (Å²) in [5.74, 6) is 0.372. The molecular formula is C15H18N4O. The highest BCUT2D eigenvalue weighted by molar-refractivity contribution is 5.92. The second-order valence-corrected chi connectivity index (χ2v) is 5.32. The number of hydrogen-bond donors (Lipinski definition) is 2. The van der Waals surface area contributed by atoms with Crippen LogP contribution in [0.15, 0.2) is 36.5 Å². The number of aromatic amines is 1. The van der Waals surface area contributed by atoms with Gasteiger partial charge >= 0.3 is 0 Å². The molecule has 2 aromatic rings. The van der Waals surface area contributed by atoms with Gasteiger partial charge in [-0.15, -0.1) is 0 Å². The van der Waals surface area contributed by atoms with E-state index in [-0.39, 0.29) is 11.9 Å². The molecule has 0 saturated heterocycles. The molecule has 1 saturated carbocycles. The number of rotatable bonds is 4. The SMILES string of the molecule is O=C(N[C@H]1CCC[C@H]1Cc1ccccc1)c1cn[nH]n1. The maximum atomic E-state index is 12.0. The van der Waals surface area contributed by atoms with Crippen molar-refractivity contribution in [1.82, 2.24) is 20.7 Å². The summed E-state index contributed by atoms with van der Waals surface area (Å²) in [6.07, 6.45) is 5.85. The molecule has 104 valence electrons. The standard InChI is InChI=1S/C15H18N4O/c20-15(14-10-16-19-18-14)17-13-8-4-7-12(13)9-11-5-2-1-3-6-11/h1-3,5-6,10,12-13H,4,7-9H2,(H,17,20)(H,16,18,19)/t12-,13-/m0/s1. The summed E-state index contributed by atoms with van der Waals surface area (Å²) in [7, 11) is 0. The molecule has 3 rings (SSSR count). The number of benzene rings is 1. The van der Waals surface area contributed by atoms with E-state index in [0.29, 0.717) is 11.6 Å². The van der Waals surface area contributed by atoms with Gasteiger partial charge in [-0.25, -0.2) is 0 Å². The van der Waals surface area contributed by atoms with E-state index in [1.54, 1.807) is 0 Å². The second kappa shape index (κ2) is 5.86. The van der Waals surface area contributed by atoms with Crippen molar-refractivity contribution in [2.75, 3.05) is 0 Å². The van der Waals surface area contributed by atoms with Gasteiger partial charge in [0.2, 0.25) is 0 Å². The van der Waals surface area contributed by atoms with Crippen molar-refractivity contribution >= 4 is 5.91 Å². The van der Waals surface area contributed by atoms with Gasteiger partial charge in [-0.1, -0.05) is 36.8 Å². The molecular weight excluding hydrogens is 252 g/mol. The quantitative estimate of drug-likeness (QED) is 0.892. The molecule has 1 aromatic heterocycles. The number of hydrogen-bond acceptors (Lipinski definition) is 3. The molecule has 1 heterocycles. The van der Waals surface area contributed by atoms with E-state index in [4.69, 9.17) is 0 Å². The van der Waals surface area contributed by atoms with Crippen LogP contribution in [-0.2, 0) is 6.42 Å². The molecule has 0 unspecified atom stereocenters. The molecule has 0 spiro atoms. The van der Waals surface area contributed by atoms with Gasteiger partial charge in [0.15, 0.2) is 5.69 Å². The van der Waals surface area contributed by atoms with Crippen molar-refractivity contribution in [1.29, 1.82) is 0 Å². The topological polar surface area (TPSA) is 70.7 Å². The first kappa shape index (κ1) is 12.8. The number of H-pyrrole nitrogens is 1. The van der Waals surface area contributed by atoms with Crippen molar-refractivity contribution in [2.24, 2.45) is 5.92 Å². The van der Waals surface area contributed by atoms with Crippen LogP contribution >= 0.6 is 0 Å². The van der Waals surface area contributed by atoms with Crippen molar-refractivity contribution in [3.8, 4) is 0 Å². The van der Waals surface area contributed by atoms with E-state index in [1.165, 1.54) is 24.6 Å². The lowest BCUT2D eigenvalue weighted by molar-refractivity contribution is 0.0922. The maximum Gasteiger partial charge on any atom is 0.273 e. The average Bonchev–Trinajstić information content (AvgIpc) is 3.12. The third-order valence-electron chi connectivity index (χ3n) is 3.96. The third kappa shape index (κ3) is 2.87. The largest absolute Gasteiger partial charge is 0.348 e. The molecule has 0 aliphatic heterocycles. The van der Waals surface area contributed by atoms with Gasteiger partial charge in [0, 0.05) is 6.04 Å². The van der Waals surface area contributed by atoms with Crippen LogP contribution in [0, 0.1) is 5.92 Å². The Kier molecular flexibility index (Phi) is 3.76.